The van der Waals surface area contributed by atoms with E-state index in [1.807, 2.05) is 0 Å². The molecule has 2 aliphatic rings. The molecule has 0 aliphatic carbocycles. The molecule has 3 rings (SSSR count). The van der Waals surface area contributed by atoms with Crippen LogP contribution in [0, 0.1) is 0 Å². The van der Waals surface area contributed by atoms with Gasteiger partial charge < -0.3 is 14.8 Å². The molecule has 0 radical (unpaired) electrons. The Balaban J connectivity index is 1.92. The molecule has 1 saturated heterocycles. The Labute approximate surface area is 123 Å². The zero-order chi connectivity index (χ0) is 14.9. The molecule has 0 amide bonds. The molecule has 1 N–H and O–H groups in total. The number of hydrogen-bond donors (Lipinski definition) is 1. The summed E-state index contributed by atoms with van der Waals surface area (Å²) in [4.78, 5) is 0. The van der Waals surface area contributed by atoms with Gasteiger partial charge in [-0.3, -0.25) is 0 Å². The van der Waals surface area contributed by atoms with Gasteiger partial charge in [-0.15, -0.1) is 0 Å². The molecule has 2 heterocycles. The molecule has 3 nitrogen and oxygen atoms in total. The Kier molecular flexibility index (Phi) is 4.02. The van der Waals surface area contributed by atoms with Crippen LogP contribution in [0.5, 0.6) is 11.5 Å². The molecule has 1 atom stereocenters. The number of benzene rings is 1. The smallest absolute Gasteiger partial charge is 0.270 e. The van der Waals surface area contributed by atoms with E-state index in [0.717, 1.165) is 25.5 Å². The summed E-state index contributed by atoms with van der Waals surface area (Å²) in [7, 11) is 0. The van der Waals surface area contributed by atoms with Crippen molar-refractivity contribution in [3.05, 3.63) is 23.3 Å². The number of hydrogen-bond acceptors (Lipinski definition) is 3. The number of ether oxygens (including phenoxy) is 2. The van der Waals surface area contributed by atoms with Gasteiger partial charge in [-0.05, 0) is 37.9 Å². The lowest BCUT2D eigenvalue weighted by atomic mass is 9.94. The SMILES string of the molecule is CC(F)(F)c1cc(CC2CCCCN2)c2c(c1)OCCO2. The minimum Gasteiger partial charge on any atom is -0.486 e. The number of nitrogens with one attached hydrogen (secondary N) is 1. The van der Waals surface area contributed by atoms with Crippen LogP contribution in [0.4, 0.5) is 8.78 Å². The van der Waals surface area contributed by atoms with E-state index in [1.165, 1.54) is 18.9 Å². The molecule has 116 valence electrons. The van der Waals surface area contributed by atoms with Gasteiger partial charge in [0.1, 0.15) is 13.2 Å². The lowest BCUT2D eigenvalue weighted by molar-refractivity contribution is 0.0168. The predicted octanol–water partition coefficient (Wildman–Crippen LogP) is 3.25. The van der Waals surface area contributed by atoms with Crippen molar-refractivity contribution in [2.45, 2.75) is 44.6 Å². The van der Waals surface area contributed by atoms with Crippen LogP contribution in [-0.4, -0.2) is 25.8 Å². The highest BCUT2D eigenvalue weighted by molar-refractivity contribution is 5.51. The number of halogens is 2. The van der Waals surface area contributed by atoms with Crippen LogP contribution >= 0.6 is 0 Å². The second-order valence-electron chi connectivity index (χ2n) is 5.90. The van der Waals surface area contributed by atoms with Crippen molar-refractivity contribution < 1.29 is 18.3 Å². The first-order valence-corrected chi connectivity index (χ1v) is 7.58. The molecule has 5 heteroatoms. The largest absolute Gasteiger partial charge is 0.486 e. The standard InChI is InChI=1S/C16H21F2NO2/c1-16(17,18)12-8-11(9-13-4-2-3-5-19-13)15-14(10-12)20-6-7-21-15/h8,10,13,19H,2-7,9H2,1H3. The van der Waals surface area contributed by atoms with Crippen LogP contribution in [0.25, 0.3) is 0 Å². The number of rotatable bonds is 3. The zero-order valence-corrected chi connectivity index (χ0v) is 12.3. The Bertz CT molecular complexity index is 508. The Hall–Kier alpha value is -1.36. The van der Waals surface area contributed by atoms with E-state index >= 15 is 0 Å². The summed E-state index contributed by atoms with van der Waals surface area (Å²) in [5, 5.41) is 3.45. The average Bonchev–Trinajstić information content (AvgIpc) is 2.47. The summed E-state index contributed by atoms with van der Waals surface area (Å²) in [5.74, 6) is -1.78. The van der Waals surface area contributed by atoms with Crippen molar-refractivity contribution in [2.75, 3.05) is 19.8 Å². The number of alkyl halides is 2. The van der Waals surface area contributed by atoms with Crippen LogP contribution in [0.1, 0.15) is 37.3 Å². The van der Waals surface area contributed by atoms with Crippen LogP contribution in [0.15, 0.2) is 12.1 Å². The molecular weight excluding hydrogens is 276 g/mol. The van der Waals surface area contributed by atoms with Gasteiger partial charge in [0.25, 0.3) is 5.92 Å². The van der Waals surface area contributed by atoms with Gasteiger partial charge in [-0.1, -0.05) is 6.42 Å². The maximum absolute atomic E-state index is 13.7. The fourth-order valence-corrected chi connectivity index (χ4v) is 3.00. The molecule has 0 spiro atoms. The highest BCUT2D eigenvalue weighted by Crippen LogP contribution is 2.40. The summed E-state index contributed by atoms with van der Waals surface area (Å²) in [6.45, 7) is 2.79. The van der Waals surface area contributed by atoms with E-state index in [-0.39, 0.29) is 5.56 Å². The molecule has 2 aliphatic heterocycles. The Morgan fingerprint density at radius 3 is 2.76 bits per heavy atom. The van der Waals surface area contributed by atoms with Crippen molar-refractivity contribution in [2.24, 2.45) is 0 Å². The molecule has 0 bridgehead atoms. The highest BCUT2D eigenvalue weighted by Gasteiger charge is 2.29. The van der Waals surface area contributed by atoms with Gasteiger partial charge in [0.05, 0.1) is 0 Å². The lowest BCUT2D eigenvalue weighted by Crippen LogP contribution is -2.36. The fraction of sp³-hybridized carbons (Fsp3) is 0.625. The molecule has 1 unspecified atom stereocenters. The Morgan fingerprint density at radius 2 is 2.05 bits per heavy atom. The van der Waals surface area contributed by atoms with Gasteiger partial charge in [0.15, 0.2) is 11.5 Å². The van der Waals surface area contributed by atoms with E-state index in [0.29, 0.717) is 37.2 Å². The van der Waals surface area contributed by atoms with E-state index in [4.69, 9.17) is 9.47 Å². The highest BCUT2D eigenvalue weighted by atomic mass is 19.3. The van der Waals surface area contributed by atoms with Gasteiger partial charge in [-0.25, -0.2) is 8.78 Å². The van der Waals surface area contributed by atoms with Crippen molar-refractivity contribution in [3.8, 4) is 11.5 Å². The summed E-state index contributed by atoms with van der Waals surface area (Å²) >= 11 is 0. The summed E-state index contributed by atoms with van der Waals surface area (Å²) in [5.41, 5.74) is 0.820. The van der Waals surface area contributed by atoms with Crippen molar-refractivity contribution >= 4 is 0 Å². The third-order valence-corrected chi connectivity index (χ3v) is 4.10. The minimum absolute atomic E-state index is 0.00226. The van der Waals surface area contributed by atoms with Crippen molar-refractivity contribution in [1.29, 1.82) is 0 Å². The molecule has 1 aromatic rings. The lowest BCUT2D eigenvalue weighted by Gasteiger charge is -2.27. The maximum Gasteiger partial charge on any atom is 0.270 e. The van der Waals surface area contributed by atoms with Gasteiger partial charge in [0, 0.05) is 24.1 Å². The first kappa shape index (κ1) is 14.6. The quantitative estimate of drug-likeness (QED) is 0.929. The molecule has 0 saturated carbocycles. The molecule has 1 fully saturated rings. The second-order valence-corrected chi connectivity index (χ2v) is 5.90. The third kappa shape index (κ3) is 3.28. The van der Waals surface area contributed by atoms with Gasteiger partial charge in [0.2, 0.25) is 0 Å². The first-order chi connectivity index (χ1) is 10.0. The van der Waals surface area contributed by atoms with Gasteiger partial charge >= 0.3 is 0 Å². The number of fused-ring (bicyclic) bond motifs is 1. The minimum atomic E-state index is -2.87. The maximum atomic E-state index is 13.7. The summed E-state index contributed by atoms with van der Waals surface area (Å²) in [6, 6.07) is 3.31. The molecule has 0 aromatic heterocycles. The van der Waals surface area contributed by atoms with Crippen LogP contribution < -0.4 is 14.8 Å². The third-order valence-electron chi connectivity index (χ3n) is 4.10. The summed E-state index contributed by atoms with van der Waals surface area (Å²) < 4.78 is 38.5. The van der Waals surface area contributed by atoms with E-state index < -0.39 is 5.92 Å². The van der Waals surface area contributed by atoms with Crippen LogP contribution in [-0.2, 0) is 12.3 Å². The Morgan fingerprint density at radius 1 is 1.24 bits per heavy atom. The van der Waals surface area contributed by atoms with Crippen LogP contribution in [0.2, 0.25) is 0 Å². The van der Waals surface area contributed by atoms with Gasteiger partial charge in [-0.2, -0.15) is 0 Å². The van der Waals surface area contributed by atoms with Crippen LogP contribution in [0.3, 0.4) is 0 Å². The zero-order valence-electron chi connectivity index (χ0n) is 12.3. The monoisotopic (exact) mass is 297 g/mol. The van der Waals surface area contributed by atoms with Crippen molar-refractivity contribution in [3.63, 3.8) is 0 Å². The fourth-order valence-electron chi connectivity index (χ4n) is 3.00. The van der Waals surface area contributed by atoms with Crippen molar-refractivity contribution in [1.82, 2.24) is 5.32 Å². The molecular formula is C16H21F2NO2. The molecule has 1 aromatic carbocycles. The molecule has 21 heavy (non-hydrogen) atoms. The average molecular weight is 297 g/mol. The normalized spacial score (nSPS) is 22.1. The van der Waals surface area contributed by atoms with E-state index in [1.54, 1.807) is 6.07 Å². The topological polar surface area (TPSA) is 30.5 Å². The first-order valence-electron chi connectivity index (χ1n) is 7.58. The second kappa shape index (κ2) is 5.79. The van der Waals surface area contributed by atoms with E-state index in [2.05, 4.69) is 5.32 Å². The number of piperidine rings is 1. The predicted molar refractivity (Wildman–Crippen MR) is 76.3 cm³/mol. The van der Waals surface area contributed by atoms with E-state index in [9.17, 15) is 8.78 Å². The summed E-state index contributed by atoms with van der Waals surface area (Å²) in [6.07, 6.45) is 4.14.